The van der Waals surface area contributed by atoms with Crippen LogP contribution in [0, 0.1) is 19.8 Å². The minimum atomic E-state index is 0.552. The van der Waals surface area contributed by atoms with Gasteiger partial charge in [0.2, 0.25) is 0 Å². The standard InChI is InChI=1S/C15H21Br/c1-11-7-8-14(12(2)9-11)15(16)10-13-5-3-4-6-13/h7-9,13,15H,3-6,10H2,1-2H3. The van der Waals surface area contributed by atoms with Crippen molar-refractivity contribution in [2.24, 2.45) is 5.92 Å². The van der Waals surface area contributed by atoms with Crippen molar-refractivity contribution >= 4 is 15.9 Å². The van der Waals surface area contributed by atoms with Crippen LogP contribution >= 0.6 is 15.9 Å². The summed E-state index contributed by atoms with van der Waals surface area (Å²) in [5, 5.41) is 0. The molecular weight excluding hydrogens is 260 g/mol. The second-order valence-corrected chi connectivity index (χ2v) is 6.32. The molecule has 1 aromatic rings. The number of hydrogen-bond donors (Lipinski definition) is 0. The van der Waals surface area contributed by atoms with Gasteiger partial charge in [-0.25, -0.2) is 0 Å². The first-order valence-corrected chi connectivity index (χ1v) is 7.29. The van der Waals surface area contributed by atoms with Crippen LogP contribution in [0.1, 0.15) is 53.6 Å². The highest BCUT2D eigenvalue weighted by Crippen LogP contribution is 2.38. The number of rotatable bonds is 3. The molecule has 0 nitrogen and oxygen atoms in total. The fraction of sp³-hybridized carbons (Fsp3) is 0.600. The molecule has 1 unspecified atom stereocenters. The van der Waals surface area contributed by atoms with Crippen LogP contribution in [0.3, 0.4) is 0 Å². The maximum absolute atomic E-state index is 3.87. The van der Waals surface area contributed by atoms with Crippen molar-refractivity contribution in [2.45, 2.75) is 50.8 Å². The van der Waals surface area contributed by atoms with E-state index >= 15 is 0 Å². The summed E-state index contributed by atoms with van der Waals surface area (Å²) in [5.74, 6) is 0.949. The van der Waals surface area contributed by atoms with Gasteiger partial charge in [0.1, 0.15) is 0 Å². The zero-order valence-electron chi connectivity index (χ0n) is 10.3. The Balaban J connectivity index is 2.04. The normalized spacial score (nSPS) is 18.9. The van der Waals surface area contributed by atoms with E-state index in [0.29, 0.717) is 4.83 Å². The summed E-state index contributed by atoms with van der Waals surface area (Å²) in [6.07, 6.45) is 7.07. The molecule has 1 aromatic carbocycles. The van der Waals surface area contributed by atoms with Crippen LogP contribution in [0.4, 0.5) is 0 Å². The van der Waals surface area contributed by atoms with Gasteiger partial charge in [-0.05, 0) is 37.3 Å². The molecule has 0 spiro atoms. The summed E-state index contributed by atoms with van der Waals surface area (Å²) in [5.41, 5.74) is 4.28. The monoisotopic (exact) mass is 280 g/mol. The fourth-order valence-corrected chi connectivity index (χ4v) is 3.89. The third-order valence-electron chi connectivity index (χ3n) is 3.78. The van der Waals surface area contributed by atoms with Crippen molar-refractivity contribution in [3.63, 3.8) is 0 Å². The topological polar surface area (TPSA) is 0 Å². The molecule has 0 aromatic heterocycles. The highest BCUT2D eigenvalue weighted by Gasteiger charge is 2.20. The zero-order chi connectivity index (χ0) is 11.5. The predicted molar refractivity (Wildman–Crippen MR) is 74.2 cm³/mol. The summed E-state index contributed by atoms with van der Waals surface area (Å²) in [7, 11) is 0. The van der Waals surface area contributed by atoms with Gasteiger partial charge in [-0.2, -0.15) is 0 Å². The second-order valence-electron chi connectivity index (χ2n) is 5.21. The Labute approximate surface area is 108 Å². The average molecular weight is 281 g/mol. The minimum Gasteiger partial charge on any atom is -0.0839 e. The highest BCUT2D eigenvalue weighted by molar-refractivity contribution is 9.09. The molecule has 0 bridgehead atoms. The first-order chi connectivity index (χ1) is 7.66. The molecule has 0 amide bonds. The van der Waals surface area contributed by atoms with Crippen LogP contribution in [0.25, 0.3) is 0 Å². The molecule has 0 heterocycles. The number of halogens is 1. The van der Waals surface area contributed by atoms with E-state index in [1.165, 1.54) is 48.8 Å². The fourth-order valence-electron chi connectivity index (χ4n) is 2.84. The largest absolute Gasteiger partial charge is 0.0839 e. The molecule has 0 saturated heterocycles. The van der Waals surface area contributed by atoms with Gasteiger partial charge in [-0.15, -0.1) is 0 Å². The van der Waals surface area contributed by atoms with E-state index in [1.54, 1.807) is 0 Å². The molecule has 0 radical (unpaired) electrons. The van der Waals surface area contributed by atoms with E-state index in [-0.39, 0.29) is 0 Å². The van der Waals surface area contributed by atoms with Crippen LogP contribution in [-0.2, 0) is 0 Å². The number of alkyl halides is 1. The van der Waals surface area contributed by atoms with E-state index in [9.17, 15) is 0 Å². The molecule has 1 atom stereocenters. The number of benzene rings is 1. The lowest BCUT2D eigenvalue weighted by atomic mass is 9.95. The molecule has 16 heavy (non-hydrogen) atoms. The molecule has 2 rings (SSSR count). The Bertz CT molecular complexity index is 350. The van der Waals surface area contributed by atoms with Crippen molar-refractivity contribution in [1.82, 2.24) is 0 Å². The third-order valence-corrected chi connectivity index (χ3v) is 4.64. The Kier molecular flexibility index (Phi) is 4.07. The molecule has 1 saturated carbocycles. The van der Waals surface area contributed by atoms with Crippen molar-refractivity contribution in [3.8, 4) is 0 Å². The summed E-state index contributed by atoms with van der Waals surface area (Å²) in [6, 6.07) is 6.81. The summed E-state index contributed by atoms with van der Waals surface area (Å²) >= 11 is 3.87. The summed E-state index contributed by atoms with van der Waals surface area (Å²) in [4.78, 5) is 0.552. The Morgan fingerprint density at radius 3 is 2.56 bits per heavy atom. The SMILES string of the molecule is Cc1ccc(C(Br)CC2CCCC2)c(C)c1. The van der Waals surface area contributed by atoms with Gasteiger partial charge in [-0.1, -0.05) is 65.4 Å². The van der Waals surface area contributed by atoms with Gasteiger partial charge in [-0.3, -0.25) is 0 Å². The van der Waals surface area contributed by atoms with Crippen molar-refractivity contribution < 1.29 is 0 Å². The Morgan fingerprint density at radius 1 is 1.25 bits per heavy atom. The molecular formula is C15H21Br. The van der Waals surface area contributed by atoms with E-state index < -0.39 is 0 Å². The predicted octanol–water partition coefficient (Wildman–Crippen LogP) is 5.32. The van der Waals surface area contributed by atoms with Gasteiger partial charge in [0.05, 0.1) is 0 Å². The van der Waals surface area contributed by atoms with Crippen molar-refractivity contribution in [3.05, 3.63) is 34.9 Å². The maximum atomic E-state index is 3.87. The molecule has 1 aliphatic rings. The van der Waals surface area contributed by atoms with Gasteiger partial charge < -0.3 is 0 Å². The zero-order valence-corrected chi connectivity index (χ0v) is 11.9. The van der Waals surface area contributed by atoms with Crippen molar-refractivity contribution in [2.75, 3.05) is 0 Å². The molecule has 88 valence electrons. The third kappa shape index (κ3) is 2.88. The first kappa shape index (κ1) is 12.2. The van der Waals surface area contributed by atoms with E-state index in [2.05, 4.69) is 48.0 Å². The van der Waals surface area contributed by atoms with Crippen LogP contribution < -0.4 is 0 Å². The van der Waals surface area contributed by atoms with E-state index in [4.69, 9.17) is 0 Å². The van der Waals surface area contributed by atoms with E-state index in [0.717, 1.165) is 5.92 Å². The molecule has 1 heteroatoms. The van der Waals surface area contributed by atoms with Crippen LogP contribution in [0.2, 0.25) is 0 Å². The van der Waals surface area contributed by atoms with Gasteiger partial charge >= 0.3 is 0 Å². The van der Waals surface area contributed by atoms with Crippen LogP contribution in [-0.4, -0.2) is 0 Å². The maximum Gasteiger partial charge on any atom is 0.0400 e. The van der Waals surface area contributed by atoms with Gasteiger partial charge in [0, 0.05) is 4.83 Å². The Morgan fingerprint density at radius 2 is 1.94 bits per heavy atom. The van der Waals surface area contributed by atoms with Crippen LogP contribution in [0.15, 0.2) is 18.2 Å². The van der Waals surface area contributed by atoms with Gasteiger partial charge in [0.25, 0.3) is 0 Å². The molecule has 1 fully saturated rings. The highest BCUT2D eigenvalue weighted by atomic mass is 79.9. The lowest BCUT2D eigenvalue weighted by Crippen LogP contribution is -2.01. The quantitative estimate of drug-likeness (QED) is 0.658. The molecule has 0 aliphatic heterocycles. The second kappa shape index (κ2) is 5.35. The average Bonchev–Trinajstić information content (AvgIpc) is 2.70. The lowest BCUT2D eigenvalue weighted by Gasteiger charge is -2.17. The van der Waals surface area contributed by atoms with Crippen molar-refractivity contribution in [1.29, 1.82) is 0 Å². The number of hydrogen-bond acceptors (Lipinski definition) is 0. The Hall–Kier alpha value is -0.300. The lowest BCUT2D eigenvalue weighted by molar-refractivity contribution is 0.501. The van der Waals surface area contributed by atoms with Crippen LogP contribution in [0.5, 0.6) is 0 Å². The minimum absolute atomic E-state index is 0.552. The summed E-state index contributed by atoms with van der Waals surface area (Å²) in [6.45, 7) is 4.39. The molecule has 1 aliphatic carbocycles. The number of aryl methyl sites for hydroxylation is 2. The van der Waals surface area contributed by atoms with E-state index in [1.807, 2.05) is 0 Å². The van der Waals surface area contributed by atoms with Gasteiger partial charge in [0.15, 0.2) is 0 Å². The first-order valence-electron chi connectivity index (χ1n) is 6.38. The smallest absolute Gasteiger partial charge is 0.0400 e. The molecule has 0 N–H and O–H groups in total. The summed E-state index contributed by atoms with van der Waals surface area (Å²) < 4.78 is 0.